The molecule has 9 heteroatoms. The van der Waals surface area contributed by atoms with Crippen molar-refractivity contribution in [3.05, 3.63) is 65.3 Å². The summed E-state index contributed by atoms with van der Waals surface area (Å²) in [5, 5.41) is 4.88. The first-order valence-corrected chi connectivity index (χ1v) is 10.5. The van der Waals surface area contributed by atoms with Gasteiger partial charge in [-0.3, -0.25) is 14.9 Å². The summed E-state index contributed by atoms with van der Waals surface area (Å²) in [5.41, 5.74) is 1.58. The van der Waals surface area contributed by atoms with E-state index in [9.17, 15) is 14.0 Å². The quantitative estimate of drug-likeness (QED) is 0.674. The van der Waals surface area contributed by atoms with Crippen LogP contribution < -0.4 is 10.2 Å². The molecule has 4 rings (SSSR count). The maximum atomic E-state index is 13.1. The molecule has 1 N–H and O–H groups in total. The molecule has 3 aromatic rings. The van der Waals surface area contributed by atoms with Gasteiger partial charge in [-0.1, -0.05) is 0 Å². The summed E-state index contributed by atoms with van der Waals surface area (Å²) in [5.74, 6) is -0.419. The van der Waals surface area contributed by atoms with Gasteiger partial charge in [0.15, 0.2) is 10.9 Å². The number of hydrogen-bond donors (Lipinski definition) is 1. The Morgan fingerprint density at radius 1 is 1.13 bits per heavy atom. The predicted molar refractivity (Wildman–Crippen MR) is 112 cm³/mol. The Kier molecular flexibility index (Phi) is 6.08. The largest absolute Gasteiger partial charge is 0.459 e. The molecule has 3 heterocycles. The van der Waals surface area contributed by atoms with E-state index in [-0.39, 0.29) is 29.8 Å². The third-order valence-electron chi connectivity index (χ3n) is 4.89. The second-order valence-corrected chi connectivity index (χ2v) is 7.81. The first kappa shape index (κ1) is 20.1. The van der Waals surface area contributed by atoms with Crippen LogP contribution in [0.15, 0.2) is 52.5 Å². The summed E-state index contributed by atoms with van der Waals surface area (Å²) in [7, 11) is 0. The Morgan fingerprint density at radius 2 is 1.97 bits per heavy atom. The molecule has 1 fully saturated rings. The van der Waals surface area contributed by atoms with E-state index >= 15 is 0 Å². The van der Waals surface area contributed by atoms with E-state index in [0.717, 1.165) is 18.7 Å². The fraction of sp³-hybridized carbons (Fsp3) is 0.286. The van der Waals surface area contributed by atoms with Crippen LogP contribution in [0.3, 0.4) is 0 Å². The van der Waals surface area contributed by atoms with Crippen molar-refractivity contribution in [2.75, 3.05) is 36.4 Å². The van der Waals surface area contributed by atoms with Gasteiger partial charge in [-0.15, -0.1) is 11.3 Å². The number of benzene rings is 1. The maximum absolute atomic E-state index is 13.1. The molecule has 0 radical (unpaired) electrons. The average Bonchev–Trinajstić information content (AvgIpc) is 3.36. The van der Waals surface area contributed by atoms with Crippen LogP contribution >= 0.6 is 11.3 Å². The Bertz CT molecular complexity index is 1000. The van der Waals surface area contributed by atoms with E-state index in [1.54, 1.807) is 29.6 Å². The van der Waals surface area contributed by atoms with Crippen LogP contribution in [0.25, 0.3) is 0 Å². The number of aromatic nitrogens is 1. The van der Waals surface area contributed by atoms with Crippen LogP contribution in [-0.4, -0.2) is 47.9 Å². The maximum Gasteiger partial charge on any atom is 0.293 e. The summed E-state index contributed by atoms with van der Waals surface area (Å²) >= 11 is 1.27. The van der Waals surface area contributed by atoms with Gasteiger partial charge in [0.25, 0.3) is 5.91 Å². The van der Waals surface area contributed by atoms with Gasteiger partial charge in [-0.2, -0.15) is 0 Å². The number of amides is 2. The van der Waals surface area contributed by atoms with Gasteiger partial charge in [0.2, 0.25) is 5.91 Å². The lowest BCUT2D eigenvalue weighted by molar-refractivity contribution is -0.130. The first-order chi connectivity index (χ1) is 14.6. The Labute approximate surface area is 177 Å². The number of halogens is 1. The normalized spacial score (nSPS) is 14.4. The number of hydrogen-bond acceptors (Lipinski definition) is 6. The number of anilines is 2. The van der Waals surface area contributed by atoms with Crippen LogP contribution in [0, 0.1) is 5.82 Å². The van der Waals surface area contributed by atoms with E-state index in [4.69, 9.17) is 4.42 Å². The minimum Gasteiger partial charge on any atom is -0.459 e. The fourth-order valence-corrected chi connectivity index (χ4v) is 4.06. The van der Waals surface area contributed by atoms with Gasteiger partial charge in [0.05, 0.1) is 18.4 Å². The SMILES string of the molecule is O=C(Nc1nc(CC(=O)N2CCCN(c3ccc(F)cc3)CC2)cs1)c1ccco1. The number of carbonyl (C=O) groups is 2. The number of nitrogens with one attached hydrogen (secondary N) is 1. The van der Waals surface area contributed by atoms with Crippen molar-refractivity contribution in [3.8, 4) is 0 Å². The fourth-order valence-electron chi connectivity index (χ4n) is 3.36. The van der Waals surface area contributed by atoms with Gasteiger partial charge in [0, 0.05) is 37.2 Å². The number of nitrogens with zero attached hydrogens (tertiary/aromatic N) is 3. The smallest absolute Gasteiger partial charge is 0.293 e. The van der Waals surface area contributed by atoms with Gasteiger partial charge in [-0.25, -0.2) is 9.37 Å². The standard InChI is InChI=1S/C21H21FN4O3S/c22-15-4-6-17(7-5-15)25-8-2-9-26(11-10-25)19(27)13-16-14-30-21(23-16)24-20(28)18-3-1-12-29-18/h1,3-7,12,14H,2,8-11,13H2,(H,23,24,28). The highest BCUT2D eigenvalue weighted by Gasteiger charge is 2.21. The van der Waals surface area contributed by atoms with Gasteiger partial charge in [0.1, 0.15) is 5.82 Å². The molecule has 0 bridgehead atoms. The molecule has 1 aromatic carbocycles. The summed E-state index contributed by atoms with van der Waals surface area (Å²) in [4.78, 5) is 33.1. The number of furan rings is 1. The highest BCUT2D eigenvalue weighted by Crippen LogP contribution is 2.20. The molecule has 1 aliphatic heterocycles. The molecule has 0 atom stereocenters. The second kappa shape index (κ2) is 9.08. The molecule has 2 aromatic heterocycles. The molecule has 0 aliphatic carbocycles. The molecule has 30 heavy (non-hydrogen) atoms. The zero-order valence-electron chi connectivity index (χ0n) is 16.2. The van der Waals surface area contributed by atoms with Crippen molar-refractivity contribution in [1.29, 1.82) is 0 Å². The molecule has 156 valence electrons. The summed E-state index contributed by atoms with van der Waals surface area (Å²) in [6.07, 6.45) is 2.45. The van der Waals surface area contributed by atoms with Crippen LogP contribution in [0.5, 0.6) is 0 Å². The van der Waals surface area contributed by atoms with Crippen LogP contribution in [-0.2, 0) is 11.2 Å². The molecular weight excluding hydrogens is 407 g/mol. The third kappa shape index (κ3) is 4.85. The molecular formula is C21H21FN4O3S. The molecule has 0 saturated carbocycles. The van der Waals surface area contributed by atoms with Crippen molar-refractivity contribution in [3.63, 3.8) is 0 Å². The van der Waals surface area contributed by atoms with Crippen LogP contribution in [0.4, 0.5) is 15.2 Å². The molecule has 1 aliphatic rings. The highest BCUT2D eigenvalue weighted by atomic mass is 32.1. The van der Waals surface area contributed by atoms with Gasteiger partial charge in [-0.05, 0) is 42.8 Å². The summed E-state index contributed by atoms with van der Waals surface area (Å²) in [6, 6.07) is 9.64. The molecule has 0 spiro atoms. The van der Waals surface area contributed by atoms with Crippen molar-refractivity contribution in [2.45, 2.75) is 12.8 Å². The Hall–Kier alpha value is -3.20. The molecule has 1 saturated heterocycles. The minimum absolute atomic E-state index is 0.00478. The number of thiazole rings is 1. The van der Waals surface area contributed by atoms with E-state index in [0.29, 0.717) is 30.5 Å². The predicted octanol–water partition coefficient (Wildman–Crippen LogP) is 3.41. The number of rotatable bonds is 5. The molecule has 2 amide bonds. The minimum atomic E-state index is -0.374. The van der Waals surface area contributed by atoms with Crippen LogP contribution in [0.2, 0.25) is 0 Å². The lowest BCUT2D eigenvalue weighted by Gasteiger charge is -2.23. The first-order valence-electron chi connectivity index (χ1n) is 9.66. The monoisotopic (exact) mass is 428 g/mol. The van der Waals surface area contributed by atoms with E-state index < -0.39 is 0 Å². The van der Waals surface area contributed by atoms with Crippen LogP contribution in [0.1, 0.15) is 22.7 Å². The lowest BCUT2D eigenvalue weighted by atomic mass is 10.2. The van der Waals surface area contributed by atoms with Crippen molar-refractivity contribution < 1.29 is 18.4 Å². The van der Waals surface area contributed by atoms with E-state index in [1.807, 2.05) is 4.90 Å². The van der Waals surface area contributed by atoms with Crippen molar-refractivity contribution in [1.82, 2.24) is 9.88 Å². The zero-order valence-corrected chi connectivity index (χ0v) is 17.0. The Balaban J connectivity index is 1.31. The van der Waals surface area contributed by atoms with E-state index in [2.05, 4.69) is 15.2 Å². The van der Waals surface area contributed by atoms with Gasteiger partial charge >= 0.3 is 0 Å². The lowest BCUT2D eigenvalue weighted by Crippen LogP contribution is -2.36. The van der Waals surface area contributed by atoms with Gasteiger partial charge < -0.3 is 14.2 Å². The highest BCUT2D eigenvalue weighted by molar-refractivity contribution is 7.14. The zero-order chi connectivity index (χ0) is 20.9. The average molecular weight is 428 g/mol. The number of carbonyl (C=O) groups excluding carboxylic acids is 2. The topological polar surface area (TPSA) is 78.7 Å². The van der Waals surface area contributed by atoms with Crippen molar-refractivity contribution >= 4 is 34.0 Å². The summed E-state index contributed by atoms with van der Waals surface area (Å²) < 4.78 is 18.2. The van der Waals surface area contributed by atoms with E-state index in [1.165, 1.54) is 29.7 Å². The Morgan fingerprint density at radius 3 is 2.73 bits per heavy atom. The van der Waals surface area contributed by atoms with Crippen molar-refractivity contribution in [2.24, 2.45) is 0 Å². The molecule has 7 nitrogen and oxygen atoms in total. The third-order valence-corrected chi connectivity index (χ3v) is 5.70. The second-order valence-electron chi connectivity index (χ2n) is 6.95. The molecule has 0 unspecified atom stereocenters. The summed E-state index contributed by atoms with van der Waals surface area (Å²) in [6.45, 7) is 2.78.